The molecule has 2 aromatic rings. The number of carboxylic acid groups (broad SMARTS) is 1. The molecule has 0 fully saturated rings. The number of carboxylic acids is 1. The third kappa shape index (κ3) is 3.36. The lowest BCUT2D eigenvalue weighted by atomic mass is 10.1. The highest BCUT2D eigenvalue weighted by Gasteiger charge is 2.13. The first-order chi connectivity index (χ1) is 8.65. The van der Waals surface area contributed by atoms with Crippen LogP contribution in [0, 0.1) is 5.92 Å². The number of hydrogen-bond donors (Lipinski definition) is 1. The normalized spacial score (nSPS) is 12.5. The first kappa shape index (κ1) is 12.7. The van der Waals surface area contributed by atoms with Crippen LogP contribution in [0.3, 0.4) is 0 Å². The molecule has 2 rings (SSSR count). The number of tetrazole rings is 1. The number of hydrogen-bond acceptors (Lipinski definition) is 5. The van der Waals surface area contributed by atoms with Gasteiger partial charge in [0.15, 0.2) is 5.82 Å². The highest BCUT2D eigenvalue weighted by Crippen LogP contribution is 2.14. The monoisotopic (exact) mass is 266 g/mol. The van der Waals surface area contributed by atoms with E-state index in [2.05, 4.69) is 15.5 Å². The highest BCUT2D eigenvalue weighted by molar-refractivity contribution is 7.09. The van der Waals surface area contributed by atoms with E-state index in [4.69, 9.17) is 5.11 Å². The van der Waals surface area contributed by atoms with Crippen LogP contribution in [0.4, 0.5) is 0 Å². The summed E-state index contributed by atoms with van der Waals surface area (Å²) in [4.78, 5) is 11.8. The zero-order chi connectivity index (χ0) is 13.0. The van der Waals surface area contributed by atoms with Gasteiger partial charge in [-0.15, -0.1) is 16.4 Å². The average molecular weight is 266 g/mol. The van der Waals surface area contributed by atoms with Gasteiger partial charge in [0.25, 0.3) is 0 Å². The van der Waals surface area contributed by atoms with Crippen molar-refractivity contribution in [3.8, 4) is 0 Å². The van der Waals surface area contributed by atoms with Crippen LogP contribution in [0.15, 0.2) is 17.5 Å². The Bertz CT molecular complexity index is 509. The Kier molecular flexibility index (Phi) is 4.03. The predicted molar refractivity (Wildman–Crippen MR) is 66.4 cm³/mol. The van der Waals surface area contributed by atoms with E-state index < -0.39 is 5.97 Å². The lowest BCUT2D eigenvalue weighted by Gasteiger charge is -2.09. The van der Waals surface area contributed by atoms with E-state index in [1.54, 1.807) is 16.0 Å². The molecule has 0 saturated carbocycles. The Morgan fingerprint density at radius 3 is 3.11 bits per heavy atom. The van der Waals surface area contributed by atoms with Gasteiger partial charge in [0, 0.05) is 24.3 Å². The maximum Gasteiger partial charge on any atom is 0.303 e. The van der Waals surface area contributed by atoms with Crippen molar-refractivity contribution in [3.63, 3.8) is 0 Å². The average Bonchev–Trinajstić information content (AvgIpc) is 2.90. The smallest absolute Gasteiger partial charge is 0.303 e. The molecule has 0 bridgehead atoms. The summed E-state index contributed by atoms with van der Waals surface area (Å²) in [5.74, 6) is -0.0156. The molecule has 2 heterocycles. The topological polar surface area (TPSA) is 80.9 Å². The third-order valence-corrected chi connectivity index (χ3v) is 3.40. The van der Waals surface area contributed by atoms with Crippen LogP contribution in [0.1, 0.15) is 24.0 Å². The molecular formula is C11H14N4O2S. The Hall–Kier alpha value is -1.76. The van der Waals surface area contributed by atoms with Gasteiger partial charge < -0.3 is 5.11 Å². The van der Waals surface area contributed by atoms with Crippen molar-refractivity contribution in [2.45, 2.75) is 26.3 Å². The summed E-state index contributed by atoms with van der Waals surface area (Å²) < 4.78 is 1.69. The summed E-state index contributed by atoms with van der Waals surface area (Å²) in [5.41, 5.74) is 0. The minimum atomic E-state index is -0.796. The van der Waals surface area contributed by atoms with Crippen molar-refractivity contribution in [2.24, 2.45) is 5.92 Å². The van der Waals surface area contributed by atoms with Gasteiger partial charge in [0.05, 0.1) is 0 Å². The lowest BCUT2D eigenvalue weighted by Crippen LogP contribution is -2.15. The fourth-order valence-electron chi connectivity index (χ4n) is 1.72. The van der Waals surface area contributed by atoms with E-state index in [0.29, 0.717) is 13.0 Å². The van der Waals surface area contributed by atoms with E-state index in [1.165, 1.54) is 4.88 Å². The zero-order valence-corrected chi connectivity index (χ0v) is 10.8. The summed E-state index contributed by atoms with van der Waals surface area (Å²) in [6.07, 6.45) is 0.808. The van der Waals surface area contributed by atoms with Gasteiger partial charge >= 0.3 is 5.97 Å². The quantitative estimate of drug-likeness (QED) is 0.855. The maximum absolute atomic E-state index is 10.6. The molecule has 0 spiro atoms. The standard InChI is InChI=1S/C11H14N4O2S/c1-8(5-11(16)17)7-15-10(12-13-14-15)6-9-3-2-4-18-9/h2-4,8H,5-7H2,1H3,(H,16,17). The Morgan fingerprint density at radius 2 is 2.44 bits per heavy atom. The second-order valence-electron chi connectivity index (χ2n) is 4.24. The molecule has 7 heteroatoms. The van der Waals surface area contributed by atoms with Gasteiger partial charge in [-0.05, 0) is 27.8 Å². The predicted octanol–water partition coefficient (Wildman–Crippen LogP) is 1.44. The third-order valence-electron chi connectivity index (χ3n) is 2.53. The minimum absolute atomic E-state index is 0.00749. The Labute approximate surface area is 108 Å². The van der Waals surface area contributed by atoms with Crippen LogP contribution in [-0.4, -0.2) is 31.3 Å². The van der Waals surface area contributed by atoms with Crippen LogP contribution in [0.25, 0.3) is 0 Å². The second kappa shape index (κ2) is 5.72. The SMILES string of the molecule is CC(CC(=O)O)Cn1nnnc1Cc1cccs1. The fourth-order valence-corrected chi connectivity index (χ4v) is 2.42. The van der Waals surface area contributed by atoms with Gasteiger partial charge in [-0.25, -0.2) is 4.68 Å². The summed E-state index contributed by atoms with van der Waals surface area (Å²) in [6, 6.07) is 4.02. The highest BCUT2D eigenvalue weighted by atomic mass is 32.1. The van der Waals surface area contributed by atoms with E-state index in [1.807, 2.05) is 24.4 Å². The summed E-state index contributed by atoms with van der Waals surface area (Å²) in [7, 11) is 0. The number of carbonyl (C=O) groups is 1. The molecule has 0 saturated heterocycles. The van der Waals surface area contributed by atoms with Crippen molar-refractivity contribution in [3.05, 3.63) is 28.2 Å². The van der Waals surface area contributed by atoms with Gasteiger partial charge in [0.1, 0.15) is 0 Å². The molecule has 0 amide bonds. The summed E-state index contributed by atoms with van der Waals surface area (Å²) >= 11 is 1.66. The van der Waals surface area contributed by atoms with Crippen LogP contribution in [-0.2, 0) is 17.8 Å². The van der Waals surface area contributed by atoms with Crippen molar-refractivity contribution >= 4 is 17.3 Å². The molecule has 96 valence electrons. The molecule has 2 aromatic heterocycles. The van der Waals surface area contributed by atoms with Gasteiger partial charge in [-0.3, -0.25) is 4.79 Å². The van der Waals surface area contributed by atoms with Crippen molar-refractivity contribution in [1.82, 2.24) is 20.2 Å². The number of rotatable bonds is 6. The van der Waals surface area contributed by atoms with E-state index in [9.17, 15) is 4.79 Å². The number of thiophene rings is 1. The molecule has 0 radical (unpaired) electrons. The lowest BCUT2D eigenvalue weighted by molar-refractivity contribution is -0.138. The van der Waals surface area contributed by atoms with Gasteiger partial charge in [-0.2, -0.15) is 0 Å². The first-order valence-corrected chi connectivity index (χ1v) is 6.52. The molecule has 0 aliphatic rings. The van der Waals surface area contributed by atoms with Crippen LogP contribution in [0.2, 0.25) is 0 Å². The fraction of sp³-hybridized carbons (Fsp3) is 0.455. The molecule has 0 aliphatic carbocycles. The largest absolute Gasteiger partial charge is 0.481 e. The van der Waals surface area contributed by atoms with Crippen LogP contribution in [0.5, 0.6) is 0 Å². The van der Waals surface area contributed by atoms with Crippen molar-refractivity contribution < 1.29 is 9.90 Å². The van der Waals surface area contributed by atoms with Gasteiger partial charge in [-0.1, -0.05) is 13.0 Å². The number of aliphatic carboxylic acids is 1. The second-order valence-corrected chi connectivity index (χ2v) is 5.27. The molecule has 0 aromatic carbocycles. The Balaban J connectivity index is 2.01. The molecule has 18 heavy (non-hydrogen) atoms. The summed E-state index contributed by atoms with van der Waals surface area (Å²) in [5, 5.41) is 22.3. The van der Waals surface area contributed by atoms with E-state index >= 15 is 0 Å². The maximum atomic E-state index is 10.6. The van der Waals surface area contributed by atoms with E-state index in [-0.39, 0.29) is 12.3 Å². The minimum Gasteiger partial charge on any atom is -0.481 e. The molecule has 0 aliphatic heterocycles. The number of nitrogens with zero attached hydrogens (tertiary/aromatic N) is 4. The molecule has 6 nitrogen and oxygen atoms in total. The van der Waals surface area contributed by atoms with E-state index in [0.717, 1.165) is 5.82 Å². The number of aromatic nitrogens is 4. The molecule has 1 atom stereocenters. The molecular weight excluding hydrogens is 252 g/mol. The van der Waals surface area contributed by atoms with Crippen LogP contribution >= 0.6 is 11.3 Å². The Morgan fingerprint density at radius 1 is 1.61 bits per heavy atom. The van der Waals surface area contributed by atoms with Crippen molar-refractivity contribution in [2.75, 3.05) is 0 Å². The van der Waals surface area contributed by atoms with Crippen molar-refractivity contribution in [1.29, 1.82) is 0 Å². The molecule has 1 unspecified atom stereocenters. The first-order valence-electron chi connectivity index (χ1n) is 5.64. The van der Waals surface area contributed by atoms with Gasteiger partial charge in [0.2, 0.25) is 0 Å². The molecule has 1 N–H and O–H groups in total. The summed E-state index contributed by atoms with van der Waals surface area (Å²) in [6.45, 7) is 2.41. The zero-order valence-electron chi connectivity index (χ0n) is 9.98. The van der Waals surface area contributed by atoms with Crippen LogP contribution < -0.4 is 0 Å².